The number of ether oxygens (including phenoxy) is 2. The fourth-order valence-corrected chi connectivity index (χ4v) is 3.10. The Kier molecular flexibility index (Phi) is 10.1. The van der Waals surface area contributed by atoms with Crippen LogP contribution in [-0.2, 0) is 25.5 Å². The van der Waals surface area contributed by atoms with E-state index in [-0.39, 0.29) is 23.8 Å². The van der Waals surface area contributed by atoms with Crippen molar-refractivity contribution in [1.82, 2.24) is 0 Å². The summed E-state index contributed by atoms with van der Waals surface area (Å²) in [5.41, 5.74) is 0.402. The number of rotatable bonds is 13. The smallest absolute Gasteiger partial charge is 0.345 e. The van der Waals surface area contributed by atoms with E-state index in [1.807, 2.05) is 0 Å². The lowest BCUT2D eigenvalue weighted by Crippen LogP contribution is -2.61. The van der Waals surface area contributed by atoms with E-state index in [1.54, 1.807) is 0 Å². The van der Waals surface area contributed by atoms with E-state index in [1.165, 1.54) is 12.1 Å². The van der Waals surface area contributed by atoms with Gasteiger partial charge in [-0.2, -0.15) is 0 Å². The molecule has 206 valence electrons. The molecule has 14 heteroatoms. The molecule has 4 unspecified atom stereocenters. The summed E-state index contributed by atoms with van der Waals surface area (Å²) in [6.07, 6.45) is -7.01. The number of aromatic hydroxyl groups is 3. The van der Waals surface area contributed by atoms with Crippen molar-refractivity contribution in [3.63, 3.8) is 0 Å². The van der Waals surface area contributed by atoms with Crippen LogP contribution in [0.3, 0.4) is 0 Å². The van der Waals surface area contributed by atoms with Crippen LogP contribution in [0.1, 0.15) is 11.1 Å². The van der Waals surface area contributed by atoms with E-state index in [9.17, 15) is 55.2 Å². The van der Waals surface area contributed by atoms with Crippen LogP contribution < -0.4 is 4.74 Å². The van der Waals surface area contributed by atoms with E-state index in [0.29, 0.717) is 0 Å². The van der Waals surface area contributed by atoms with Gasteiger partial charge in [-0.15, -0.1) is 0 Å². The quantitative estimate of drug-likeness (QED) is 0.0458. The Balaban J connectivity index is 2.14. The highest BCUT2D eigenvalue weighted by molar-refractivity contribution is 5.89. The van der Waals surface area contributed by atoms with Gasteiger partial charge in [0.2, 0.25) is 6.10 Å². The molecule has 0 fully saturated rings. The third-order valence-electron chi connectivity index (χ3n) is 5.19. The zero-order valence-corrected chi connectivity index (χ0v) is 19.5. The van der Waals surface area contributed by atoms with E-state index in [0.717, 1.165) is 36.4 Å². The molecule has 0 aromatic heterocycles. The van der Waals surface area contributed by atoms with Gasteiger partial charge >= 0.3 is 11.9 Å². The van der Waals surface area contributed by atoms with Crippen LogP contribution >= 0.6 is 0 Å². The molecule has 0 heterocycles. The van der Waals surface area contributed by atoms with Crippen molar-refractivity contribution in [1.29, 1.82) is 0 Å². The van der Waals surface area contributed by atoms with Gasteiger partial charge < -0.3 is 60.2 Å². The Labute approximate surface area is 214 Å². The molecule has 5 atom stereocenters. The highest BCUT2D eigenvalue weighted by Gasteiger charge is 2.49. The zero-order valence-electron chi connectivity index (χ0n) is 19.5. The van der Waals surface area contributed by atoms with Gasteiger partial charge in [0.1, 0.15) is 6.10 Å². The van der Waals surface area contributed by atoms with Gasteiger partial charge in [0.15, 0.2) is 41.5 Å². The summed E-state index contributed by atoms with van der Waals surface area (Å²) in [7, 11) is 0. The van der Waals surface area contributed by atoms with Crippen LogP contribution in [0.2, 0.25) is 0 Å². The number of aldehydes is 1. The number of aliphatic hydroxyl groups excluding tert-OH is 4. The number of esters is 1. The highest BCUT2D eigenvalue weighted by Crippen LogP contribution is 2.33. The first-order valence-corrected chi connectivity index (χ1v) is 10.8. The molecule has 9 N–H and O–H groups in total. The van der Waals surface area contributed by atoms with E-state index >= 15 is 0 Å². The predicted molar refractivity (Wildman–Crippen MR) is 125 cm³/mol. The summed E-state index contributed by atoms with van der Waals surface area (Å²) in [4.78, 5) is 34.6. The van der Waals surface area contributed by atoms with Crippen molar-refractivity contribution in [2.75, 3.05) is 6.61 Å². The second-order valence-corrected chi connectivity index (χ2v) is 7.98. The molecular weight excluding hydrogens is 512 g/mol. The van der Waals surface area contributed by atoms with Crippen LogP contribution in [0.4, 0.5) is 0 Å². The molecule has 0 radical (unpaired) electrons. The lowest BCUT2D eigenvalue weighted by Gasteiger charge is -2.36. The normalized spacial score (nSPS) is 16.1. The standard InChI is InChI=1S/C24H26O14/c25-10-17(30)22(33)24(36,20(31)11-26)38-18-5-2-12(7-16(18)29)3-6-21(32)37-19(23(34)35)9-13-1-4-14(27)15(28)8-13/h1-8,11,17,19-20,22,25,27-31,33,36H,9-10H2,(H,34,35)/b6-3+/t17?,19-,20?,22?,24?/m1/s1. The van der Waals surface area contributed by atoms with Gasteiger partial charge in [-0.3, -0.25) is 0 Å². The number of carbonyl (C=O) groups excluding carboxylic acids is 2. The number of hydrogen-bond acceptors (Lipinski definition) is 13. The average Bonchev–Trinajstić information content (AvgIpc) is 2.88. The number of carbonyl (C=O) groups is 3. The van der Waals surface area contributed by atoms with Crippen molar-refractivity contribution in [3.05, 3.63) is 53.6 Å². The van der Waals surface area contributed by atoms with Crippen LogP contribution in [0, 0.1) is 0 Å². The molecule has 0 saturated heterocycles. The van der Waals surface area contributed by atoms with Crippen LogP contribution in [0.5, 0.6) is 23.0 Å². The first-order chi connectivity index (χ1) is 17.8. The first-order valence-electron chi connectivity index (χ1n) is 10.8. The third kappa shape index (κ3) is 7.41. The van der Waals surface area contributed by atoms with Gasteiger partial charge in [0, 0.05) is 12.5 Å². The second-order valence-electron chi connectivity index (χ2n) is 7.98. The summed E-state index contributed by atoms with van der Waals surface area (Å²) >= 11 is 0. The third-order valence-corrected chi connectivity index (χ3v) is 5.19. The molecule has 0 aliphatic heterocycles. The van der Waals surface area contributed by atoms with Gasteiger partial charge in [-0.05, 0) is 41.5 Å². The number of phenolic OH excluding ortho intramolecular Hbond substituents is 3. The molecular formula is C24H26O14. The molecule has 0 aliphatic carbocycles. The number of hydrogen-bond donors (Lipinski definition) is 9. The molecule has 2 rings (SSSR count). The molecule has 38 heavy (non-hydrogen) atoms. The minimum Gasteiger partial charge on any atom is -0.504 e. The maximum Gasteiger partial charge on any atom is 0.345 e. The number of aliphatic carboxylic acids is 1. The fourth-order valence-electron chi connectivity index (χ4n) is 3.10. The van der Waals surface area contributed by atoms with Crippen LogP contribution in [0.15, 0.2) is 42.5 Å². The van der Waals surface area contributed by atoms with Crippen molar-refractivity contribution >= 4 is 24.3 Å². The van der Waals surface area contributed by atoms with Gasteiger partial charge in [0.05, 0.1) is 6.61 Å². The van der Waals surface area contributed by atoms with Crippen molar-refractivity contribution < 1.29 is 69.8 Å². The lowest BCUT2D eigenvalue weighted by atomic mass is 9.99. The number of aliphatic hydroxyl groups is 5. The van der Waals surface area contributed by atoms with Crippen molar-refractivity contribution in [2.24, 2.45) is 0 Å². The van der Waals surface area contributed by atoms with Gasteiger partial charge in [-0.1, -0.05) is 12.1 Å². The average molecular weight is 538 g/mol. The second kappa shape index (κ2) is 12.8. The highest BCUT2D eigenvalue weighted by atomic mass is 16.7. The molecule has 0 saturated carbocycles. The van der Waals surface area contributed by atoms with Crippen molar-refractivity contribution in [3.8, 4) is 23.0 Å². The summed E-state index contributed by atoms with van der Waals surface area (Å²) in [5.74, 6) is -7.89. The Hall–Kier alpha value is -4.21. The van der Waals surface area contributed by atoms with E-state index in [4.69, 9.17) is 14.6 Å². The minimum atomic E-state index is -3.16. The summed E-state index contributed by atoms with van der Waals surface area (Å²) in [5, 5.41) is 87.2. The molecule has 2 aromatic carbocycles. The number of phenols is 3. The zero-order chi connectivity index (χ0) is 28.6. The fraction of sp³-hybridized carbons (Fsp3) is 0.292. The Morgan fingerprint density at radius 3 is 2.21 bits per heavy atom. The van der Waals surface area contributed by atoms with Gasteiger partial charge in [-0.25, -0.2) is 9.59 Å². The van der Waals surface area contributed by atoms with Crippen molar-refractivity contribution in [2.45, 2.75) is 36.6 Å². The lowest BCUT2D eigenvalue weighted by molar-refractivity contribution is -0.268. The maximum atomic E-state index is 12.1. The summed E-state index contributed by atoms with van der Waals surface area (Å²) < 4.78 is 9.89. The molecule has 14 nitrogen and oxygen atoms in total. The van der Waals surface area contributed by atoms with E-state index < -0.39 is 71.7 Å². The van der Waals surface area contributed by atoms with Gasteiger partial charge in [0.25, 0.3) is 5.79 Å². The SMILES string of the molecule is O=CC(O)C(O)(Oc1ccc(/C=C/C(=O)O[C@H](Cc2ccc(O)c(O)c2)C(=O)O)cc1O)C(O)C(O)CO. The minimum absolute atomic E-state index is 0.137. The maximum absolute atomic E-state index is 12.1. The summed E-state index contributed by atoms with van der Waals surface area (Å²) in [6, 6.07) is 6.81. The molecule has 2 aromatic rings. The monoisotopic (exact) mass is 538 g/mol. The van der Waals surface area contributed by atoms with Crippen LogP contribution in [-0.4, -0.2) is 101 Å². The Morgan fingerprint density at radius 2 is 1.66 bits per heavy atom. The largest absolute Gasteiger partial charge is 0.504 e. The molecule has 0 aliphatic rings. The number of carboxylic acids is 1. The first kappa shape index (κ1) is 30.0. The molecule has 0 spiro atoms. The summed E-state index contributed by atoms with van der Waals surface area (Å²) in [6.45, 7) is -1.07. The number of benzene rings is 2. The topological polar surface area (TPSA) is 252 Å². The predicted octanol–water partition coefficient (Wildman–Crippen LogP) is -1.60. The molecule has 0 bridgehead atoms. The van der Waals surface area contributed by atoms with E-state index in [2.05, 4.69) is 0 Å². The number of carboxylic acid groups (broad SMARTS) is 1. The molecule has 0 amide bonds. The Bertz CT molecular complexity index is 1180. The van der Waals surface area contributed by atoms with Crippen LogP contribution in [0.25, 0.3) is 6.08 Å². The Morgan fingerprint density at radius 1 is 0.974 bits per heavy atom.